The molecule has 1 rings (SSSR count). The van der Waals surface area contributed by atoms with Gasteiger partial charge in [-0.25, -0.2) is 0 Å². The van der Waals surface area contributed by atoms with Gasteiger partial charge >= 0.3 is 0 Å². The molecule has 1 heterocycles. The molecule has 0 atom stereocenters. The third-order valence-electron chi connectivity index (χ3n) is 2.52. The second kappa shape index (κ2) is 5.58. The van der Waals surface area contributed by atoms with E-state index < -0.39 is 0 Å². The Morgan fingerprint density at radius 3 is 2.62 bits per heavy atom. The lowest BCUT2D eigenvalue weighted by Gasteiger charge is -2.37. The monoisotopic (exact) mass is 187 g/mol. The highest BCUT2D eigenvalue weighted by molar-refractivity contribution is 4.85. The van der Waals surface area contributed by atoms with Crippen LogP contribution in [0.5, 0.6) is 0 Å². The van der Waals surface area contributed by atoms with Crippen molar-refractivity contribution in [2.45, 2.75) is 31.8 Å². The summed E-state index contributed by atoms with van der Waals surface area (Å²) in [7, 11) is 1.98. The predicted octanol–water partition coefficient (Wildman–Crippen LogP) is 1.18. The van der Waals surface area contributed by atoms with Crippen molar-refractivity contribution in [2.75, 3.05) is 33.4 Å². The van der Waals surface area contributed by atoms with Gasteiger partial charge in [0, 0.05) is 39.2 Å². The van der Waals surface area contributed by atoms with Gasteiger partial charge in [-0.1, -0.05) is 6.92 Å². The molecular weight excluding hydrogens is 166 g/mol. The van der Waals surface area contributed by atoms with Crippen LogP contribution in [0.25, 0.3) is 0 Å². The van der Waals surface area contributed by atoms with Crippen LogP contribution in [-0.4, -0.2) is 39.0 Å². The fourth-order valence-electron chi connectivity index (χ4n) is 1.76. The number of nitrogens with one attached hydrogen (secondary N) is 1. The summed E-state index contributed by atoms with van der Waals surface area (Å²) in [5.41, 5.74) is 0.0447. The smallest absolute Gasteiger partial charge is 0.0849 e. The molecule has 0 spiro atoms. The average Bonchev–Trinajstić information content (AvgIpc) is 2.17. The fourth-order valence-corrected chi connectivity index (χ4v) is 1.76. The zero-order valence-electron chi connectivity index (χ0n) is 8.77. The predicted molar refractivity (Wildman–Crippen MR) is 53.0 cm³/mol. The van der Waals surface area contributed by atoms with E-state index in [9.17, 15) is 0 Å². The molecule has 0 radical (unpaired) electrons. The lowest BCUT2D eigenvalue weighted by Crippen LogP contribution is -2.46. The molecule has 0 aromatic rings. The van der Waals surface area contributed by atoms with Gasteiger partial charge in [0.15, 0.2) is 0 Å². The van der Waals surface area contributed by atoms with Gasteiger partial charge in [0.2, 0.25) is 0 Å². The van der Waals surface area contributed by atoms with Gasteiger partial charge in [0.25, 0.3) is 0 Å². The first-order chi connectivity index (χ1) is 6.33. The van der Waals surface area contributed by atoms with Gasteiger partial charge in [-0.05, 0) is 13.5 Å². The molecule has 78 valence electrons. The molecular formula is C10H21NO2. The van der Waals surface area contributed by atoms with Crippen molar-refractivity contribution in [3.8, 4) is 0 Å². The highest BCUT2D eigenvalue weighted by Crippen LogP contribution is 2.24. The molecule has 1 aliphatic rings. The molecule has 1 saturated heterocycles. The Labute approximate surface area is 80.8 Å². The Hall–Kier alpha value is -0.120. The van der Waals surface area contributed by atoms with Gasteiger partial charge in [-0.15, -0.1) is 0 Å². The van der Waals surface area contributed by atoms with Crippen LogP contribution >= 0.6 is 0 Å². The fraction of sp³-hybridized carbons (Fsp3) is 1.00. The number of likely N-dealkylation sites (N-methyl/N-ethyl adjacent to an activating group) is 1. The minimum atomic E-state index is 0.0447. The van der Waals surface area contributed by atoms with Crippen molar-refractivity contribution in [1.82, 2.24) is 5.32 Å². The van der Waals surface area contributed by atoms with Crippen LogP contribution in [0.3, 0.4) is 0 Å². The zero-order chi connectivity index (χ0) is 9.57. The molecule has 0 bridgehead atoms. The lowest BCUT2D eigenvalue weighted by atomic mass is 9.94. The van der Waals surface area contributed by atoms with E-state index in [1.54, 1.807) is 0 Å². The third-order valence-corrected chi connectivity index (χ3v) is 2.52. The summed E-state index contributed by atoms with van der Waals surface area (Å²) in [5.74, 6) is 0. The van der Waals surface area contributed by atoms with Crippen molar-refractivity contribution >= 4 is 0 Å². The summed E-state index contributed by atoms with van der Waals surface area (Å²) in [5, 5.41) is 3.21. The van der Waals surface area contributed by atoms with Crippen molar-refractivity contribution < 1.29 is 9.47 Å². The maximum absolute atomic E-state index is 5.92. The molecule has 0 aliphatic carbocycles. The summed E-state index contributed by atoms with van der Waals surface area (Å²) in [4.78, 5) is 0. The molecule has 13 heavy (non-hydrogen) atoms. The molecule has 0 aromatic heterocycles. The summed E-state index contributed by atoms with van der Waals surface area (Å²) in [6.07, 6.45) is 3.13. The Kier molecular flexibility index (Phi) is 4.70. The third kappa shape index (κ3) is 3.25. The normalized spacial score (nSPS) is 21.7. The number of hydrogen-bond donors (Lipinski definition) is 1. The van der Waals surface area contributed by atoms with Gasteiger partial charge in [0.1, 0.15) is 0 Å². The van der Waals surface area contributed by atoms with E-state index in [1.807, 2.05) is 7.05 Å². The Morgan fingerprint density at radius 2 is 2.08 bits per heavy atom. The van der Waals surface area contributed by atoms with E-state index in [0.717, 1.165) is 45.6 Å². The van der Waals surface area contributed by atoms with E-state index >= 15 is 0 Å². The van der Waals surface area contributed by atoms with E-state index in [2.05, 4.69) is 12.2 Å². The molecule has 1 N–H and O–H groups in total. The van der Waals surface area contributed by atoms with Crippen LogP contribution in [0.4, 0.5) is 0 Å². The first-order valence-electron chi connectivity index (χ1n) is 5.19. The minimum Gasteiger partial charge on any atom is -0.381 e. The zero-order valence-corrected chi connectivity index (χ0v) is 8.77. The molecule has 0 unspecified atom stereocenters. The summed E-state index contributed by atoms with van der Waals surface area (Å²) in [6, 6.07) is 0. The number of ether oxygens (including phenoxy) is 2. The van der Waals surface area contributed by atoms with Crippen LogP contribution in [0.1, 0.15) is 26.2 Å². The van der Waals surface area contributed by atoms with Crippen molar-refractivity contribution in [3.05, 3.63) is 0 Å². The second-order valence-corrected chi connectivity index (χ2v) is 3.67. The topological polar surface area (TPSA) is 30.5 Å². The van der Waals surface area contributed by atoms with Crippen molar-refractivity contribution in [1.29, 1.82) is 0 Å². The first kappa shape index (κ1) is 11.0. The largest absolute Gasteiger partial charge is 0.381 e. The van der Waals surface area contributed by atoms with Crippen LogP contribution in [-0.2, 0) is 9.47 Å². The van der Waals surface area contributed by atoms with Gasteiger partial charge < -0.3 is 14.8 Å². The lowest BCUT2D eigenvalue weighted by molar-refractivity contribution is -0.108. The van der Waals surface area contributed by atoms with Crippen molar-refractivity contribution in [3.63, 3.8) is 0 Å². The molecule has 3 nitrogen and oxygen atoms in total. The number of hydrogen-bond acceptors (Lipinski definition) is 3. The van der Waals surface area contributed by atoms with E-state index in [-0.39, 0.29) is 5.60 Å². The Bertz CT molecular complexity index is 127. The Morgan fingerprint density at radius 1 is 1.38 bits per heavy atom. The van der Waals surface area contributed by atoms with Gasteiger partial charge in [-0.2, -0.15) is 0 Å². The minimum absolute atomic E-state index is 0.0447. The number of rotatable bonds is 5. The standard InChI is InChI=1S/C10H21NO2/c1-3-6-13-10(9-11-2)4-7-12-8-5-10/h11H,3-9H2,1-2H3. The molecule has 3 heteroatoms. The van der Waals surface area contributed by atoms with Crippen LogP contribution in [0.2, 0.25) is 0 Å². The maximum Gasteiger partial charge on any atom is 0.0849 e. The quantitative estimate of drug-likeness (QED) is 0.701. The summed E-state index contributed by atoms with van der Waals surface area (Å²) >= 11 is 0. The second-order valence-electron chi connectivity index (χ2n) is 3.67. The van der Waals surface area contributed by atoms with E-state index in [4.69, 9.17) is 9.47 Å². The SMILES string of the molecule is CCCOC1(CNC)CCOCC1. The van der Waals surface area contributed by atoms with Gasteiger partial charge in [0.05, 0.1) is 5.60 Å². The Balaban J connectivity index is 2.40. The first-order valence-corrected chi connectivity index (χ1v) is 5.19. The highest BCUT2D eigenvalue weighted by atomic mass is 16.5. The van der Waals surface area contributed by atoms with Crippen LogP contribution in [0, 0.1) is 0 Å². The molecule has 0 saturated carbocycles. The summed E-state index contributed by atoms with van der Waals surface area (Å²) < 4.78 is 11.3. The van der Waals surface area contributed by atoms with Crippen LogP contribution < -0.4 is 5.32 Å². The molecule has 0 amide bonds. The maximum atomic E-state index is 5.92. The van der Waals surface area contributed by atoms with Gasteiger partial charge in [-0.3, -0.25) is 0 Å². The van der Waals surface area contributed by atoms with Crippen LogP contribution in [0.15, 0.2) is 0 Å². The summed E-state index contributed by atoms with van der Waals surface area (Å²) in [6.45, 7) is 5.63. The van der Waals surface area contributed by atoms with E-state index in [0.29, 0.717) is 0 Å². The average molecular weight is 187 g/mol. The molecule has 0 aromatic carbocycles. The molecule has 1 aliphatic heterocycles. The highest BCUT2D eigenvalue weighted by Gasteiger charge is 2.32. The van der Waals surface area contributed by atoms with E-state index in [1.165, 1.54) is 0 Å². The van der Waals surface area contributed by atoms with Crippen molar-refractivity contribution in [2.24, 2.45) is 0 Å². The molecule has 1 fully saturated rings.